The fourth-order valence-corrected chi connectivity index (χ4v) is 2.18. The Morgan fingerprint density at radius 1 is 1.32 bits per heavy atom. The van der Waals surface area contributed by atoms with Gasteiger partial charge in [0.1, 0.15) is 4.88 Å². The molecule has 0 aliphatic rings. The molecule has 0 atom stereocenters. The van der Waals surface area contributed by atoms with Crippen molar-refractivity contribution in [2.24, 2.45) is 16.6 Å². The number of nitrogens with one attached hydrogen (secondary N) is 1. The number of hydrogen-bond donors (Lipinski definition) is 3. The average molecular weight is 319 g/mol. The Balaban J connectivity index is 2.17. The van der Waals surface area contributed by atoms with Crippen molar-refractivity contribution in [3.63, 3.8) is 0 Å². The van der Waals surface area contributed by atoms with Crippen LogP contribution in [0.3, 0.4) is 0 Å². The molecule has 5 N–H and O–H groups in total. The van der Waals surface area contributed by atoms with Crippen LogP contribution in [0.4, 0.5) is 0 Å². The van der Waals surface area contributed by atoms with Gasteiger partial charge in [-0.15, -0.1) is 16.4 Å². The molecule has 2 aromatic rings. The van der Waals surface area contributed by atoms with E-state index in [0.29, 0.717) is 16.4 Å². The number of hydrazone groups is 1. The Kier molecular flexibility index (Phi) is 5.10. The van der Waals surface area contributed by atoms with Gasteiger partial charge >= 0.3 is 5.97 Å². The van der Waals surface area contributed by atoms with Crippen LogP contribution in [0.15, 0.2) is 40.8 Å². The van der Waals surface area contributed by atoms with E-state index in [1.165, 1.54) is 18.4 Å². The van der Waals surface area contributed by atoms with Crippen molar-refractivity contribution >= 4 is 29.5 Å². The number of esters is 1. The molecule has 0 fully saturated rings. The first-order valence-corrected chi connectivity index (χ1v) is 7.09. The summed E-state index contributed by atoms with van der Waals surface area (Å²) in [7, 11) is 1.49. The molecule has 114 valence electrons. The maximum atomic E-state index is 11.9. The van der Waals surface area contributed by atoms with Crippen LogP contribution in [0, 0.1) is 0 Å². The van der Waals surface area contributed by atoms with Crippen molar-refractivity contribution in [2.75, 3.05) is 7.11 Å². The van der Waals surface area contributed by atoms with Crippen LogP contribution in [-0.4, -0.2) is 25.3 Å². The summed E-state index contributed by atoms with van der Waals surface area (Å²) in [6.07, 6.45) is 1.58. The van der Waals surface area contributed by atoms with E-state index < -0.39 is 5.97 Å². The lowest BCUT2D eigenvalue weighted by Gasteiger charge is -2.08. The third-order valence-corrected chi connectivity index (χ3v) is 3.39. The van der Waals surface area contributed by atoms with Crippen molar-refractivity contribution in [3.05, 3.63) is 46.2 Å². The maximum absolute atomic E-state index is 11.9. The second-order valence-corrected chi connectivity index (χ2v) is 5.03. The van der Waals surface area contributed by atoms with E-state index in [9.17, 15) is 4.79 Å². The van der Waals surface area contributed by atoms with Crippen LogP contribution in [0.5, 0.6) is 11.5 Å². The van der Waals surface area contributed by atoms with Gasteiger partial charge in [0.15, 0.2) is 11.5 Å². The van der Waals surface area contributed by atoms with Crippen molar-refractivity contribution < 1.29 is 19.4 Å². The highest BCUT2D eigenvalue weighted by Crippen LogP contribution is 2.28. The van der Waals surface area contributed by atoms with E-state index in [0.717, 1.165) is 5.56 Å². The molecule has 0 radical (unpaired) electrons. The Bertz CT molecular complexity index is 707. The Morgan fingerprint density at radius 3 is 2.77 bits per heavy atom. The summed E-state index contributed by atoms with van der Waals surface area (Å²) in [6, 6.07) is 8.53. The highest BCUT2D eigenvalue weighted by atomic mass is 32.1. The lowest BCUT2D eigenvalue weighted by Crippen LogP contribution is -2.63. The van der Waals surface area contributed by atoms with Crippen LogP contribution in [-0.2, 0) is 0 Å². The summed E-state index contributed by atoms with van der Waals surface area (Å²) in [5.41, 5.74) is 11.2. The molecule has 0 spiro atoms. The van der Waals surface area contributed by atoms with Crippen molar-refractivity contribution in [1.82, 2.24) is 0 Å². The zero-order chi connectivity index (χ0) is 15.9. The van der Waals surface area contributed by atoms with Gasteiger partial charge in [-0.3, -0.25) is 0 Å². The Morgan fingerprint density at radius 2 is 2.14 bits per heavy atom. The monoisotopic (exact) mass is 319 g/mol. The smallest absolute Gasteiger partial charge is 0.353 e. The molecule has 0 saturated carbocycles. The van der Waals surface area contributed by atoms with Gasteiger partial charge in [-0.1, -0.05) is 6.07 Å². The number of nitrogens with zero attached hydrogens (tertiary/aromatic N) is 1. The molecule has 0 unspecified atom stereocenters. The summed E-state index contributed by atoms with van der Waals surface area (Å²) in [4.78, 5) is 12.5. The molecule has 0 bridgehead atoms. The molecule has 0 saturated heterocycles. The quantitative estimate of drug-likeness (QED) is 0.229. The predicted octanol–water partition coefficient (Wildman–Crippen LogP) is -0.336. The number of ether oxygens (including phenoxy) is 2. The van der Waals surface area contributed by atoms with Gasteiger partial charge < -0.3 is 20.9 Å². The molecular weight excluding hydrogens is 304 g/mol. The normalized spacial score (nSPS) is 10.4. The number of nitrogens with two attached hydrogens (primary N) is 2. The average Bonchev–Trinajstić information content (AvgIpc) is 3.02. The third-order valence-electron chi connectivity index (χ3n) is 2.54. The van der Waals surface area contributed by atoms with E-state index in [1.54, 1.807) is 41.9 Å². The number of hydrogen-bond acceptors (Lipinski definition) is 5. The Labute approximate surface area is 130 Å². The van der Waals surface area contributed by atoms with E-state index in [-0.39, 0.29) is 5.96 Å². The summed E-state index contributed by atoms with van der Waals surface area (Å²) in [5, 5.41) is 8.01. The summed E-state index contributed by atoms with van der Waals surface area (Å²) < 4.78 is 10.5. The summed E-state index contributed by atoms with van der Waals surface area (Å²) in [6.45, 7) is 0. The van der Waals surface area contributed by atoms with Crippen molar-refractivity contribution in [1.29, 1.82) is 0 Å². The fourth-order valence-electron chi connectivity index (χ4n) is 1.58. The van der Waals surface area contributed by atoms with Gasteiger partial charge in [-0.05, 0) is 29.6 Å². The molecule has 7 nitrogen and oxygen atoms in total. The molecule has 22 heavy (non-hydrogen) atoms. The molecule has 8 heteroatoms. The minimum atomic E-state index is -0.427. The van der Waals surface area contributed by atoms with Crippen LogP contribution < -0.4 is 26.0 Å². The maximum Gasteiger partial charge on any atom is 0.353 e. The topological polar surface area (TPSA) is 114 Å². The molecule has 0 aliphatic heterocycles. The van der Waals surface area contributed by atoms with E-state index in [4.69, 9.17) is 20.9 Å². The van der Waals surface area contributed by atoms with Gasteiger partial charge in [-0.2, -0.15) is 0 Å². The minimum Gasteiger partial charge on any atom is -0.493 e. The van der Waals surface area contributed by atoms with Crippen LogP contribution in [0.2, 0.25) is 0 Å². The SMILES string of the molecule is COc1cc(/C=[NH+]/N=C(N)N)ccc1OC(=O)c1cccs1. The molecule has 1 aromatic carbocycles. The second-order valence-electron chi connectivity index (χ2n) is 4.09. The highest BCUT2D eigenvalue weighted by molar-refractivity contribution is 7.12. The highest BCUT2D eigenvalue weighted by Gasteiger charge is 2.13. The van der Waals surface area contributed by atoms with Gasteiger partial charge in [0.05, 0.1) is 7.11 Å². The van der Waals surface area contributed by atoms with Crippen LogP contribution in [0.1, 0.15) is 15.2 Å². The van der Waals surface area contributed by atoms with Crippen molar-refractivity contribution in [3.8, 4) is 11.5 Å². The lowest BCUT2D eigenvalue weighted by molar-refractivity contribution is -0.456. The Hall–Kier alpha value is -2.87. The second kappa shape index (κ2) is 7.23. The number of methoxy groups -OCH3 is 1. The first kappa shape index (κ1) is 15.5. The first-order chi connectivity index (χ1) is 10.6. The third kappa shape index (κ3) is 4.06. The number of carbonyl (C=O) groups excluding carboxylic acids is 1. The number of thiophene rings is 1. The standard InChI is InChI=1S/C14H14N4O3S/c1-20-11-7-9(8-17-18-14(15)16)4-5-10(11)21-13(19)12-3-2-6-22-12/h2-8H,1H3,(H4,15,16,18)/p+1/b17-8+. The van der Waals surface area contributed by atoms with Gasteiger partial charge in [0, 0.05) is 10.7 Å². The predicted molar refractivity (Wildman–Crippen MR) is 84.2 cm³/mol. The van der Waals surface area contributed by atoms with Gasteiger partial charge in [0.2, 0.25) is 6.21 Å². The van der Waals surface area contributed by atoms with E-state index >= 15 is 0 Å². The van der Waals surface area contributed by atoms with Crippen molar-refractivity contribution in [2.45, 2.75) is 0 Å². The first-order valence-electron chi connectivity index (χ1n) is 6.21. The van der Waals surface area contributed by atoms with Crippen LogP contribution >= 0.6 is 11.3 Å². The zero-order valence-electron chi connectivity index (χ0n) is 11.8. The number of rotatable bonds is 5. The number of benzene rings is 1. The lowest BCUT2D eigenvalue weighted by atomic mass is 10.2. The summed E-state index contributed by atoms with van der Waals surface area (Å²) >= 11 is 1.31. The fraction of sp³-hybridized carbons (Fsp3) is 0.0714. The summed E-state index contributed by atoms with van der Waals surface area (Å²) in [5.74, 6) is 0.249. The largest absolute Gasteiger partial charge is 0.493 e. The zero-order valence-corrected chi connectivity index (χ0v) is 12.6. The molecular formula is C14H15N4O3S+. The molecule has 1 heterocycles. The van der Waals surface area contributed by atoms with Gasteiger partial charge in [0.25, 0.3) is 5.96 Å². The number of carbonyl (C=O) groups is 1. The minimum absolute atomic E-state index is 0.0790. The van der Waals surface area contributed by atoms with Gasteiger partial charge in [-0.25, -0.2) is 4.79 Å². The van der Waals surface area contributed by atoms with E-state index in [1.807, 2.05) is 0 Å². The molecule has 0 aliphatic carbocycles. The van der Waals surface area contributed by atoms with Crippen LogP contribution in [0.25, 0.3) is 0 Å². The van der Waals surface area contributed by atoms with E-state index in [2.05, 4.69) is 10.2 Å². The molecule has 1 aromatic heterocycles. The number of guanidine groups is 1. The molecule has 0 amide bonds. The molecule has 2 rings (SSSR count).